The maximum atomic E-state index is 12.1. The number of ketones is 1. The summed E-state index contributed by atoms with van der Waals surface area (Å²) < 4.78 is 0. The summed E-state index contributed by atoms with van der Waals surface area (Å²) >= 11 is 11.9. The zero-order valence-electron chi connectivity index (χ0n) is 9.97. The number of benzene rings is 1. The molecular formula is C13H16Cl2O. The van der Waals surface area contributed by atoms with Gasteiger partial charge >= 0.3 is 0 Å². The van der Waals surface area contributed by atoms with Gasteiger partial charge < -0.3 is 0 Å². The first-order valence-corrected chi connectivity index (χ1v) is 5.98. The number of hydrogen-bond acceptors (Lipinski definition) is 1. The molecule has 1 atom stereocenters. The molecule has 0 radical (unpaired) electrons. The van der Waals surface area contributed by atoms with Gasteiger partial charge in [-0.1, -0.05) is 57.0 Å². The van der Waals surface area contributed by atoms with Gasteiger partial charge in [-0.25, -0.2) is 0 Å². The number of halogens is 2. The van der Waals surface area contributed by atoms with Gasteiger partial charge in [0, 0.05) is 21.4 Å². The van der Waals surface area contributed by atoms with Crippen LogP contribution in [0.15, 0.2) is 18.2 Å². The Labute approximate surface area is 107 Å². The zero-order chi connectivity index (χ0) is 12.5. The second kappa shape index (κ2) is 4.77. The monoisotopic (exact) mass is 258 g/mol. The minimum Gasteiger partial charge on any atom is -0.298 e. The van der Waals surface area contributed by atoms with Crippen LogP contribution in [0.5, 0.6) is 0 Å². The Balaban J connectivity index is 3.06. The van der Waals surface area contributed by atoms with Gasteiger partial charge in [-0.3, -0.25) is 4.79 Å². The lowest BCUT2D eigenvalue weighted by Gasteiger charge is -2.22. The van der Waals surface area contributed by atoms with Crippen molar-refractivity contribution < 1.29 is 4.79 Å². The SMILES string of the molecule is CC(C(=O)C(C)(C)C)c1ccc(Cl)cc1Cl. The summed E-state index contributed by atoms with van der Waals surface area (Å²) in [6, 6.07) is 5.25. The maximum absolute atomic E-state index is 12.1. The summed E-state index contributed by atoms with van der Waals surface area (Å²) in [5, 5.41) is 1.14. The highest BCUT2D eigenvalue weighted by molar-refractivity contribution is 6.35. The molecule has 0 N–H and O–H groups in total. The Morgan fingerprint density at radius 1 is 1.25 bits per heavy atom. The molecule has 0 saturated carbocycles. The van der Waals surface area contributed by atoms with Crippen LogP contribution in [0.3, 0.4) is 0 Å². The van der Waals surface area contributed by atoms with E-state index in [2.05, 4.69) is 0 Å². The molecule has 0 heterocycles. The molecule has 1 unspecified atom stereocenters. The van der Waals surface area contributed by atoms with Crippen LogP contribution in [0.1, 0.15) is 39.2 Å². The van der Waals surface area contributed by atoms with Gasteiger partial charge in [-0.15, -0.1) is 0 Å². The van der Waals surface area contributed by atoms with E-state index in [0.29, 0.717) is 10.0 Å². The van der Waals surface area contributed by atoms with E-state index in [4.69, 9.17) is 23.2 Å². The lowest BCUT2D eigenvalue weighted by atomic mass is 9.81. The molecule has 16 heavy (non-hydrogen) atoms. The molecule has 1 nitrogen and oxygen atoms in total. The minimum atomic E-state index is -0.359. The van der Waals surface area contributed by atoms with E-state index < -0.39 is 0 Å². The van der Waals surface area contributed by atoms with Crippen LogP contribution in [-0.2, 0) is 4.79 Å². The molecule has 1 aromatic rings. The molecule has 3 heteroatoms. The van der Waals surface area contributed by atoms with Gasteiger partial charge in [-0.05, 0) is 17.7 Å². The first-order valence-electron chi connectivity index (χ1n) is 5.22. The third kappa shape index (κ3) is 2.99. The van der Waals surface area contributed by atoms with Crippen molar-refractivity contribution in [2.24, 2.45) is 5.41 Å². The van der Waals surface area contributed by atoms with Crippen molar-refractivity contribution in [1.29, 1.82) is 0 Å². The molecule has 1 rings (SSSR count). The van der Waals surface area contributed by atoms with Crippen molar-refractivity contribution in [1.82, 2.24) is 0 Å². The van der Waals surface area contributed by atoms with Gasteiger partial charge in [0.15, 0.2) is 0 Å². The maximum Gasteiger partial charge on any atom is 0.145 e. The van der Waals surface area contributed by atoms with Crippen molar-refractivity contribution in [2.45, 2.75) is 33.6 Å². The number of carbonyl (C=O) groups excluding carboxylic acids is 1. The average Bonchev–Trinajstić information content (AvgIpc) is 2.14. The number of carbonyl (C=O) groups is 1. The lowest BCUT2D eigenvalue weighted by Crippen LogP contribution is -2.25. The number of hydrogen-bond donors (Lipinski definition) is 0. The van der Waals surface area contributed by atoms with Crippen molar-refractivity contribution in [3.8, 4) is 0 Å². The van der Waals surface area contributed by atoms with Gasteiger partial charge in [0.25, 0.3) is 0 Å². The summed E-state index contributed by atoms with van der Waals surface area (Å²) in [7, 11) is 0. The predicted octanol–water partition coefficient (Wildman–Crippen LogP) is 4.71. The van der Waals surface area contributed by atoms with Crippen molar-refractivity contribution >= 4 is 29.0 Å². The van der Waals surface area contributed by atoms with Gasteiger partial charge in [0.2, 0.25) is 0 Å². The van der Waals surface area contributed by atoms with Crippen LogP contribution in [0.4, 0.5) is 0 Å². The summed E-state index contributed by atoms with van der Waals surface area (Å²) in [5.41, 5.74) is 0.480. The van der Waals surface area contributed by atoms with Crippen LogP contribution >= 0.6 is 23.2 Å². The van der Waals surface area contributed by atoms with E-state index in [9.17, 15) is 4.79 Å². The Morgan fingerprint density at radius 2 is 1.81 bits per heavy atom. The van der Waals surface area contributed by atoms with E-state index >= 15 is 0 Å². The highest BCUT2D eigenvalue weighted by atomic mass is 35.5. The van der Waals surface area contributed by atoms with Gasteiger partial charge in [0.05, 0.1) is 0 Å². The zero-order valence-corrected chi connectivity index (χ0v) is 11.5. The Hall–Kier alpha value is -0.530. The molecule has 0 amide bonds. The largest absolute Gasteiger partial charge is 0.298 e. The third-order valence-corrected chi connectivity index (χ3v) is 3.12. The average molecular weight is 259 g/mol. The van der Waals surface area contributed by atoms with Crippen molar-refractivity contribution in [3.63, 3.8) is 0 Å². The van der Waals surface area contributed by atoms with Gasteiger partial charge in [0.1, 0.15) is 5.78 Å². The predicted molar refractivity (Wildman–Crippen MR) is 69.3 cm³/mol. The fourth-order valence-electron chi connectivity index (χ4n) is 1.64. The number of Topliss-reactive ketones (excluding diaryl/α,β-unsaturated/α-hetero) is 1. The summed E-state index contributed by atoms with van der Waals surface area (Å²) in [4.78, 5) is 12.1. The Kier molecular flexibility index (Phi) is 4.03. The fraction of sp³-hybridized carbons (Fsp3) is 0.462. The Morgan fingerprint density at radius 3 is 2.25 bits per heavy atom. The molecule has 0 bridgehead atoms. The van der Waals surface area contributed by atoms with E-state index in [1.807, 2.05) is 33.8 Å². The molecule has 0 aliphatic rings. The summed E-state index contributed by atoms with van der Waals surface area (Å²) in [5.74, 6) is -0.0264. The topological polar surface area (TPSA) is 17.1 Å². The molecule has 1 aromatic carbocycles. The normalized spacial score (nSPS) is 13.6. The lowest BCUT2D eigenvalue weighted by molar-refractivity contribution is -0.127. The first kappa shape index (κ1) is 13.5. The molecule has 0 saturated heterocycles. The molecular weight excluding hydrogens is 243 g/mol. The quantitative estimate of drug-likeness (QED) is 0.751. The van der Waals surface area contributed by atoms with Gasteiger partial charge in [-0.2, -0.15) is 0 Å². The van der Waals surface area contributed by atoms with Crippen molar-refractivity contribution in [3.05, 3.63) is 33.8 Å². The molecule has 0 aromatic heterocycles. The Bertz CT molecular complexity index is 405. The highest BCUT2D eigenvalue weighted by Crippen LogP contribution is 2.32. The van der Waals surface area contributed by atoms with Crippen LogP contribution in [0, 0.1) is 5.41 Å². The highest BCUT2D eigenvalue weighted by Gasteiger charge is 2.28. The van der Waals surface area contributed by atoms with Crippen molar-refractivity contribution in [2.75, 3.05) is 0 Å². The molecule has 88 valence electrons. The molecule has 0 aliphatic heterocycles. The third-order valence-electron chi connectivity index (χ3n) is 2.56. The number of rotatable bonds is 2. The molecule has 0 fully saturated rings. The summed E-state index contributed by atoms with van der Waals surface area (Å²) in [6.45, 7) is 7.61. The minimum absolute atomic E-state index is 0.178. The van der Waals surface area contributed by atoms with E-state index in [0.717, 1.165) is 5.56 Å². The van der Waals surface area contributed by atoms with E-state index in [1.165, 1.54) is 0 Å². The molecule has 0 spiro atoms. The second-order valence-corrected chi connectivity index (χ2v) is 5.85. The summed E-state index contributed by atoms with van der Waals surface area (Å²) in [6.07, 6.45) is 0. The van der Waals surface area contributed by atoms with E-state index in [-0.39, 0.29) is 17.1 Å². The molecule has 0 aliphatic carbocycles. The fourth-order valence-corrected chi connectivity index (χ4v) is 2.22. The van der Waals surface area contributed by atoms with Crippen LogP contribution in [0.25, 0.3) is 0 Å². The van der Waals surface area contributed by atoms with Crippen LogP contribution in [-0.4, -0.2) is 5.78 Å². The van der Waals surface area contributed by atoms with Crippen LogP contribution in [0.2, 0.25) is 10.0 Å². The van der Waals surface area contributed by atoms with E-state index in [1.54, 1.807) is 12.1 Å². The first-order chi connectivity index (χ1) is 7.23. The second-order valence-electron chi connectivity index (χ2n) is 5.00. The smallest absolute Gasteiger partial charge is 0.145 e. The van der Waals surface area contributed by atoms with Crippen LogP contribution < -0.4 is 0 Å². The standard InChI is InChI=1S/C13H16Cl2O/c1-8(12(16)13(2,3)4)10-6-5-9(14)7-11(10)15/h5-8H,1-4H3.